The van der Waals surface area contributed by atoms with E-state index in [1.54, 1.807) is 24.3 Å². The molecular weight excluding hydrogens is 434 g/mol. The van der Waals surface area contributed by atoms with Crippen LogP contribution in [0.1, 0.15) is 48.9 Å². The van der Waals surface area contributed by atoms with Gasteiger partial charge in [-0.15, -0.1) is 11.3 Å². The van der Waals surface area contributed by atoms with Crippen LogP contribution in [0.25, 0.3) is 12.2 Å². The predicted octanol–water partition coefficient (Wildman–Crippen LogP) is 3.87. The van der Waals surface area contributed by atoms with Crippen LogP contribution < -0.4 is 0 Å². The summed E-state index contributed by atoms with van der Waals surface area (Å²) in [4.78, 5) is 16.1. The molecule has 1 atom stereocenters. The zero-order valence-corrected chi connectivity index (χ0v) is 19.6. The lowest BCUT2D eigenvalue weighted by Gasteiger charge is -2.36. The zero-order valence-electron chi connectivity index (χ0n) is 18.0. The first-order chi connectivity index (χ1) is 14.9. The Labute approximate surface area is 187 Å². The molecule has 9 heteroatoms. The highest BCUT2D eigenvalue weighted by atomic mass is 32.2. The molecule has 0 aliphatic carbocycles. The van der Waals surface area contributed by atoms with Gasteiger partial charge in [0.25, 0.3) is 0 Å². The molecule has 4 heterocycles. The molecular formula is C22H29N3O4S2. The quantitative estimate of drug-likeness (QED) is 0.672. The van der Waals surface area contributed by atoms with E-state index in [0.29, 0.717) is 24.6 Å². The Balaban J connectivity index is 1.52. The van der Waals surface area contributed by atoms with Gasteiger partial charge in [-0.3, -0.25) is 4.79 Å². The van der Waals surface area contributed by atoms with E-state index in [0.717, 1.165) is 37.2 Å². The second-order valence-corrected chi connectivity index (χ2v) is 11.4. The standard InChI is InChI=1S/C22H29N3O4S2/c1-16-9-12-24(13-10-16)22(26)18-5-3-11-25(15-18)31(27,28)21-17(2)23-29-20(21)8-7-19-6-4-14-30-19/h4,6-8,14,16,18H,3,5,9-13,15H2,1-2H3/b8-7+. The fourth-order valence-electron chi connectivity index (χ4n) is 4.32. The van der Waals surface area contributed by atoms with Gasteiger partial charge in [0.15, 0.2) is 10.7 Å². The Morgan fingerprint density at radius 1 is 1.23 bits per heavy atom. The Kier molecular flexibility index (Phi) is 6.64. The van der Waals surface area contributed by atoms with E-state index in [1.807, 2.05) is 28.5 Å². The summed E-state index contributed by atoms with van der Waals surface area (Å²) in [5, 5.41) is 5.86. The van der Waals surface area contributed by atoms with Crippen molar-refractivity contribution in [2.24, 2.45) is 11.8 Å². The number of thiophene rings is 1. The van der Waals surface area contributed by atoms with Crippen molar-refractivity contribution in [1.29, 1.82) is 0 Å². The van der Waals surface area contributed by atoms with Gasteiger partial charge in [0.1, 0.15) is 5.69 Å². The number of rotatable bonds is 5. The van der Waals surface area contributed by atoms with Gasteiger partial charge in [-0.2, -0.15) is 4.31 Å². The van der Waals surface area contributed by atoms with Crippen LogP contribution in [-0.4, -0.2) is 54.9 Å². The van der Waals surface area contributed by atoms with E-state index in [1.165, 1.54) is 4.31 Å². The maximum atomic E-state index is 13.5. The Hall–Kier alpha value is -1.97. The summed E-state index contributed by atoms with van der Waals surface area (Å²) in [5.74, 6) is 0.669. The molecule has 2 aliphatic heterocycles. The minimum atomic E-state index is -3.82. The van der Waals surface area contributed by atoms with Crippen molar-refractivity contribution in [2.75, 3.05) is 26.2 Å². The average Bonchev–Trinajstić information content (AvgIpc) is 3.42. The molecule has 2 fully saturated rings. The summed E-state index contributed by atoms with van der Waals surface area (Å²) in [6, 6.07) is 3.88. The number of aromatic nitrogens is 1. The minimum Gasteiger partial charge on any atom is -0.355 e. The molecule has 168 valence electrons. The van der Waals surface area contributed by atoms with Gasteiger partial charge in [-0.25, -0.2) is 8.42 Å². The van der Waals surface area contributed by atoms with Crippen LogP contribution in [0.3, 0.4) is 0 Å². The minimum absolute atomic E-state index is 0.0895. The lowest BCUT2D eigenvalue weighted by atomic mass is 9.94. The van der Waals surface area contributed by atoms with Crippen LogP contribution >= 0.6 is 11.3 Å². The van der Waals surface area contributed by atoms with E-state index in [4.69, 9.17) is 4.52 Å². The fraction of sp³-hybridized carbons (Fsp3) is 0.545. The van der Waals surface area contributed by atoms with Crippen LogP contribution in [-0.2, 0) is 14.8 Å². The van der Waals surface area contributed by atoms with Gasteiger partial charge in [0.2, 0.25) is 15.9 Å². The molecule has 2 saturated heterocycles. The molecule has 0 aromatic carbocycles. The Morgan fingerprint density at radius 2 is 2.00 bits per heavy atom. The van der Waals surface area contributed by atoms with Crippen molar-refractivity contribution in [3.63, 3.8) is 0 Å². The number of hydrogen-bond donors (Lipinski definition) is 0. The van der Waals surface area contributed by atoms with E-state index in [-0.39, 0.29) is 29.0 Å². The van der Waals surface area contributed by atoms with E-state index in [9.17, 15) is 13.2 Å². The van der Waals surface area contributed by atoms with Gasteiger partial charge in [0, 0.05) is 31.1 Å². The first-order valence-electron chi connectivity index (χ1n) is 10.8. The average molecular weight is 464 g/mol. The number of amides is 1. The van der Waals surface area contributed by atoms with Crippen LogP contribution in [0.2, 0.25) is 0 Å². The van der Waals surface area contributed by atoms with Gasteiger partial charge in [0.05, 0.1) is 5.92 Å². The topological polar surface area (TPSA) is 83.7 Å². The number of piperidine rings is 2. The maximum absolute atomic E-state index is 13.5. The van der Waals surface area contributed by atoms with Crippen LogP contribution in [0.4, 0.5) is 0 Å². The molecule has 7 nitrogen and oxygen atoms in total. The number of carbonyl (C=O) groups is 1. The number of aryl methyl sites for hydroxylation is 1. The molecule has 0 saturated carbocycles. The second-order valence-electron chi connectivity index (χ2n) is 8.52. The monoisotopic (exact) mass is 463 g/mol. The first kappa shape index (κ1) is 22.2. The number of nitrogens with zero attached hydrogens (tertiary/aromatic N) is 3. The smallest absolute Gasteiger partial charge is 0.248 e. The molecule has 31 heavy (non-hydrogen) atoms. The Bertz CT molecular complexity index is 1040. The molecule has 4 rings (SSSR count). The highest BCUT2D eigenvalue weighted by molar-refractivity contribution is 7.89. The van der Waals surface area contributed by atoms with Gasteiger partial charge in [-0.05, 0) is 62.1 Å². The van der Waals surface area contributed by atoms with Gasteiger partial charge >= 0.3 is 0 Å². The summed E-state index contributed by atoms with van der Waals surface area (Å²) >= 11 is 1.56. The lowest BCUT2D eigenvalue weighted by molar-refractivity contribution is -0.138. The number of sulfonamides is 1. The summed E-state index contributed by atoms with van der Waals surface area (Å²) in [7, 11) is -3.82. The molecule has 1 amide bonds. The second kappa shape index (κ2) is 9.26. The number of likely N-dealkylation sites (tertiary alicyclic amines) is 1. The molecule has 0 N–H and O–H groups in total. The van der Waals surface area contributed by atoms with Crippen LogP contribution in [0.5, 0.6) is 0 Å². The van der Waals surface area contributed by atoms with Crippen LogP contribution in [0, 0.1) is 18.8 Å². The summed E-state index contributed by atoms with van der Waals surface area (Å²) < 4.78 is 33.8. The molecule has 0 bridgehead atoms. The molecule has 0 spiro atoms. The van der Waals surface area contributed by atoms with Crippen molar-refractivity contribution in [3.8, 4) is 0 Å². The fourth-order valence-corrected chi connectivity index (χ4v) is 6.71. The van der Waals surface area contributed by atoms with Crippen LogP contribution in [0.15, 0.2) is 26.9 Å². The molecule has 1 unspecified atom stereocenters. The normalized spacial score (nSPS) is 21.7. The SMILES string of the molecule is Cc1noc(/C=C/c2cccs2)c1S(=O)(=O)N1CCCC(C(=O)N2CCC(C)CC2)C1. The third-order valence-corrected chi connectivity index (χ3v) is 9.06. The molecule has 2 aliphatic rings. The summed E-state index contributed by atoms with van der Waals surface area (Å²) in [6.07, 6.45) is 6.90. The van der Waals surface area contributed by atoms with Gasteiger partial charge in [-0.1, -0.05) is 18.1 Å². The Morgan fingerprint density at radius 3 is 2.71 bits per heavy atom. The largest absolute Gasteiger partial charge is 0.355 e. The highest BCUT2D eigenvalue weighted by Crippen LogP contribution is 2.30. The van der Waals surface area contributed by atoms with Crippen molar-refractivity contribution in [3.05, 3.63) is 33.8 Å². The summed E-state index contributed by atoms with van der Waals surface area (Å²) in [6.45, 7) is 6.01. The van der Waals surface area contributed by atoms with E-state index < -0.39 is 10.0 Å². The summed E-state index contributed by atoms with van der Waals surface area (Å²) in [5.41, 5.74) is 0.337. The van der Waals surface area contributed by atoms with Crippen molar-refractivity contribution in [2.45, 2.75) is 44.4 Å². The van der Waals surface area contributed by atoms with Gasteiger partial charge < -0.3 is 9.42 Å². The predicted molar refractivity (Wildman–Crippen MR) is 121 cm³/mol. The third-order valence-electron chi connectivity index (χ3n) is 6.20. The van der Waals surface area contributed by atoms with Crippen molar-refractivity contribution < 1.29 is 17.7 Å². The molecule has 0 radical (unpaired) electrons. The highest BCUT2D eigenvalue weighted by Gasteiger charge is 2.38. The van der Waals surface area contributed by atoms with Crippen molar-refractivity contribution in [1.82, 2.24) is 14.4 Å². The number of hydrogen-bond acceptors (Lipinski definition) is 6. The molecule has 2 aromatic heterocycles. The zero-order chi connectivity index (χ0) is 22.0. The third kappa shape index (κ3) is 4.78. The number of carbonyl (C=O) groups excluding carboxylic acids is 1. The maximum Gasteiger partial charge on any atom is 0.248 e. The van der Waals surface area contributed by atoms with E-state index >= 15 is 0 Å². The first-order valence-corrected chi connectivity index (χ1v) is 13.1. The van der Waals surface area contributed by atoms with Crippen molar-refractivity contribution >= 4 is 39.4 Å². The molecule has 2 aromatic rings. The van der Waals surface area contributed by atoms with E-state index in [2.05, 4.69) is 12.1 Å². The lowest BCUT2D eigenvalue weighted by Crippen LogP contribution is -2.48.